The Kier molecular flexibility index (Phi) is 5.83. The molecule has 0 saturated carbocycles. The zero-order valence-corrected chi connectivity index (χ0v) is 12.8. The molecule has 8 heteroatoms. The van der Waals surface area contributed by atoms with Crippen LogP contribution in [0.5, 0.6) is 5.88 Å². The second-order valence-corrected chi connectivity index (χ2v) is 5.45. The first-order valence-electron chi connectivity index (χ1n) is 7.06. The van der Waals surface area contributed by atoms with Gasteiger partial charge in [-0.25, -0.2) is 9.78 Å². The van der Waals surface area contributed by atoms with Gasteiger partial charge in [0.15, 0.2) is 0 Å². The number of carbonyl (C=O) groups excluding carboxylic acids is 1. The summed E-state index contributed by atoms with van der Waals surface area (Å²) in [6.07, 6.45) is 2.80. The van der Waals surface area contributed by atoms with Crippen molar-refractivity contribution >= 4 is 23.6 Å². The van der Waals surface area contributed by atoms with Gasteiger partial charge in [0.2, 0.25) is 5.88 Å². The van der Waals surface area contributed by atoms with Crippen molar-refractivity contribution in [1.29, 1.82) is 0 Å². The van der Waals surface area contributed by atoms with Gasteiger partial charge in [-0.3, -0.25) is 4.79 Å². The van der Waals surface area contributed by atoms with E-state index in [2.05, 4.69) is 10.3 Å². The molecule has 7 nitrogen and oxygen atoms in total. The number of carbonyl (C=O) groups is 2. The summed E-state index contributed by atoms with van der Waals surface area (Å²) in [5.41, 5.74) is 0. The number of piperidine rings is 1. The van der Waals surface area contributed by atoms with Crippen LogP contribution in [-0.2, 0) is 4.79 Å². The molecule has 1 saturated heterocycles. The van der Waals surface area contributed by atoms with Crippen LogP contribution in [0.2, 0.25) is 5.02 Å². The molecule has 2 amide bonds. The third-order valence-corrected chi connectivity index (χ3v) is 3.61. The highest BCUT2D eigenvalue weighted by atomic mass is 35.5. The van der Waals surface area contributed by atoms with Crippen LogP contribution in [0.4, 0.5) is 4.79 Å². The number of pyridine rings is 1. The van der Waals surface area contributed by atoms with E-state index in [0.717, 1.165) is 0 Å². The van der Waals surface area contributed by atoms with Crippen LogP contribution in [-0.4, -0.2) is 53.2 Å². The maximum atomic E-state index is 12.0. The molecule has 1 unspecified atom stereocenters. The van der Waals surface area contributed by atoms with Crippen molar-refractivity contribution in [3.63, 3.8) is 0 Å². The Bertz CT molecular complexity index is 523. The molecule has 1 fully saturated rings. The summed E-state index contributed by atoms with van der Waals surface area (Å²) in [4.78, 5) is 28.4. The monoisotopic (exact) mass is 327 g/mol. The van der Waals surface area contributed by atoms with Gasteiger partial charge in [-0.1, -0.05) is 11.6 Å². The lowest BCUT2D eigenvalue weighted by Crippen LogP contribution is -2.47. The van der Waals surface area contributed by atoms with Gasteiger partial charge in [0.05, 0.1) is 17.5 Å². The van der Waals surface area contributed by atoms with Crippen molar-refractivity contribution in [3.05, 3.63) is 23.4 Å². The van der Waals surface area contributed by atoms with Crippen LogP contribution >= 0.6 is 11.6 Å². The molecule has 1 atom stereocenters. The molecule has 120 valence electrons. The Morgan fingerprint density at radius 1 is 1.50 bits per heavy atom. The number of urea groups is 1. The largest absolute Gasteiger partial charge is 0.481 e. The molecule has 0 bridgehead atoms. The molecule has 2 heterocycles. The van der Waals surface area contributed by atoms with E-state index >= 15 is 0 Å². The summed E-state index contributed by atoms with van der Waals surface area (Å²) in [6.45, 7) is 1.42. The minimum Gasteiger partial charge on any atom is -0.481 e. The summed E-state index contributed by atoms with van der Waals surface area (Å²) in [5, 5.41) is 12.2. The fourth-order valence-corrected chi connectivity index (χ4v) is 2.35. The van der Waals surface area contributed by atoms with Gasteiger partial charge in [-0.2, -0.15) is 0 Å². The van der Waals surface area contributed by atoms with Crippen LogP contribution < -0.4 is 10.1 Å². The second-order valence-electron chi connectivity index (χ2n) is 5.02. The van der Waals surface area contributed by atoms with Crippen molar-refractivity contribution in [3.8, 4) is 5.88 Å². The van der Waals surface area contributed by atoms with Gasteiger partial charge in [0.1, 0.15) is 6.61 Å². The summed E-state index contributed by atoms with van der Waals surface area (Å²) in [6, 6.07) is 3.05. The van der Waals surface area contributed by atoms with Gasteiger partial charge in [0, 0.05) is 25.4 Å². The van der Waals surface area contributed by atoms with Gasteiger partial charge in [-0.15, -0.1) is 0 Å². The van der Waals surface area contributed by atoms with Crippen LogP contribution in [0.3, 0.4) is 0 Å². The number of hydrogen-bond acceptors (Lipinski definition) is 4. The van der Waals surface area contributed by atoms with Crippen molar-refractivity contribution < 1.29 is 19.4 Å². The molecule has 0 aromatic carbocycles. The SMILES string of the molecule is O=C(O)C1CCCN(C(=O)NCCOc2ccc(Cl)cn2)C1. The highest BCUT2D eigenvalue weighted by Gasteiger charge is 2.27. The van der Waals surface area contributed by atoms with Crippen molar-refractivity contribution in [2.45, 2.75) is 12.8 Å². The second kappa shape index (κ2) is 7.84. The third-order valence-electron chi connectivity index (χ3n) is 3.39. The van der Waals surface area contributed by atoms with E-state index in [1.165, 1.54) is 11.1 Å². The van der Waals surface area contributed by atoms with Crippen LogP contribution in [0.25, 0.3) is 0 Å². The lowest BCUT2D eigenvalue weighted by atomic mass is 9.99. The van der Waals surface area contributed by atoms with E-state index in [-0.39, 0.29) is 19.2 Å². The quantitative estimate of drug-likeness (QED) is 0.802. The van der Waals surface area contributed by atoms with E-state index in [1.54, 1.807) is 12.1 Å². The number of rotatable bonds is 5. The fourth-order valence-electron chi connectivity index (χ4n) is 2.24. The minimum atomic E-state index is -0.852. The number of amides is 2. The van der Waals surface area contributed by atoms with E-state index in [1.807, 2.05) is 0 Å². The zero-order chi connectivity index (χ0) is 15.9. The molecule has 1 aliphatic heterocycles. The van der Waals surface area contributed by atoms with E-state index in [4.69, 9.17) is 21.4 Å². The van der Waals surface area contributed by atoms with Crippen molar-refractivity contribution in [2.24, 2.45) is 5.92 Å². The molecule has 1 aromatic heterocycles. The number of halogens is 1. The van der Waals surface area contributed by atoms with Crippen LogP contribution in [0.15, 0.2) is 18.3 Å². The maximum absolute atomic E-state index is 12.0. The molecular weight excluding hydrogens is 310 g/mol. The molecule has 0 spiro atoms. The van der Waals surface area contributed by atoms with Gasteiger partial charge in [-0.05, 0) is 18.9 Å². The standard InChI is InChI=1S/C14H18ClN3O4/c15-11-3-4-12(17-8-11)22-7-5-16-14(21)18-6-1-2-10(9-18)13(19)20/h3-4,8,10H,1-2,5-7,9H2,(H,16,21)(H,19,20). The number of likely N-dealkylation sites (tertiary alicyclic amines) is 1. The highest BCUT2D eigenvalue weighted by molar-refractivity contribution is 6.30. The molecular formula is C14H18ClN3O4. The summed E-state index contributed by atoms with van der Waals surface area (Å²) < 4.78 is 5.36. The summed E-state index contributed by atoms with van der Waals surface area (Å²) >= 11 is 5.71. The predicted octanol–water partition coefficient (Wildman–Crippen LogP) is 1.62. The highest BCUT2D eigenvalue weighted by Crippen LogP contribution is 2.16. The Labute approximate surface area is 133 Å². The molecule has 0 radical (unpaired) electrons. The Morgan fingerprint density at radius 2 is 2.32 bits per heavy atom. The molecule has 22 heavy (non-hydrogen) atoms. The van der Waals surface area contributed by atoms with Crippen molar-refractivity contribution in [1.82, 2.24) is 15.2 Å². The molecule has 2 N–H and O–H groups in total. The number of nitrogens with zero attached hydrogens (tertiary/aromatic N) is 2. The number of carboxylic acid groups (broad SMARTS) is 1. The van der Waals surface area contributed by atoms with Crippen molar-refractivity contribution in [2.75, 3.05) is 26.2 Å². The third kappa shape index (κ3) is 4.77. The maximum Gasteiger partial charge on any atom is 0.317 e. The normalized spacial score (nSPS) is 17.9. The van der Waals surface area contributed by atoms with E-state index < -0.39 is 11.9 Å². The summed E-state index contributed by atoms with van der Waals surface area (Å²) in [7, 11) is 0. The lowest BCUT2D eigenvalue weighted by Gasteiger charge is -2.30. The lowest BCUT2D eigenvalue weighted by molar-refractivity contribution is -0.143. The molecule has 2 rings (SSSR count). The fraction of sp³-hybridized carbons (Fsp3) is 0.500. The van der Waals surface area contributed by atoms with Gasteiger partial charge >= 0.3 is 12.0 Å². The molecule has 0 aliphatic carbocycles. The zero-order valence-electron chi connectivity index (χ0n) is 12.0. The van der Waals surface area contributed by atoms with Crippen LogP contribution in [0, 0.1) is 5.92 Å². The Hall–Kier alpha value is -2.02. The smallest absolute Gasteiger partial charge is 0.317 e. The minimum absolute atomic E-state index is 0.251. The van der Waals surface area contributed by atoms with Crippen LogP contribution in [0.1, 0.15) is 12.8 Å². The Morgan fingerprint density at radius 3 is 3.00 bits per heavy atom. The molecule has 1 aromatic rings. The number of hydrogen-bond donors (Lipinski definition) is 2. The van der Waals surface area contributed by atoms with Gasteiger partial charge in [0.25, 0.3) is 0 Å². The molecule has 1 aliphatic rings. The van der Waals surface area contributed by atoms with E-state index in [0.29, 0.717) is 36.8 Å². The summed E-state index contributed by atoms with van der Waals surface area (Å²) in [5.74, 6) is -0.897. The number of carboxylic acids is 1. The number of ether oxygens (including phenoxy) is 1. The predicted molar refractivity (Wildman–Crippen MR) is 80.1 cm³/mol. The number of aliphatic carboxylic acids is 1. The first kappa shape index (κ1) is 16.4. The number of aromatic nitrogens is 1. The first-order valence-corrected chi connectivity index (χ1v) is 7.44. The number of nitrogens with one attached hydrogen (secondary N) is 1. The Balaban J connectivity index is 1.69. The average Bonchev–Trinajstić information content (AvgIpc) is 2.53. The topological polar surface area (TPSA) is 91.8 Å². The van der Waals surface area contributed by atoms with E-state index in [9.17, 15) is 9.59 Å². The first-order chi connectivity index (χ1) is 10.6. The average molecular weight is 328 g/mol. The van der Waals surface area contributed by atoms with Gasteiger partial charge < -0.3 is 20.1 Å².